The van der Waals surface area contributed by atoms with Crippen LogP contribution < -0.4 is 5.32 Å². The standard InChI is InChI=1S/C22H24ClN3O/c1-15-12-17(16(2)26(15)21-11-7-6-10-20(21)23)13-18(14-24)22(27)25-19-8-4-3-5-9-19/h6-7,10-13,19H,3-5,8-9H2,1-2H3,(H,25,27)/b18-13+. The van der Waals surface area contributed by atoms with Gasteiger partial charge in [-0.05, 0) is 56.5 Å². The second-order valence-electron chi connectivity index (χ2n) is 7.09. The molecule has 1 aromatic heterocycles. The van der Waals surface area contributed by atoms with Crippen LogP contribution in [0.25, 0.3) is 11.8 Å². The van der Waals surface area contributed by atoms with Gasteiger partial charge in [-0.2, -0.15) is 5.26 Å². The average Bonchev–Trinajstić information content (AvgIpc) is 2.94. The minimum atomic E-state index is -0.285. The molecule has 1 amide bonds. The number of carbonyl (C=O) groups excluding carboxylic acids is 1. The molecular weight excluding hydrogens is 358 g/mol. The van der Waals surface area contributed by atoms with E-state index in [1.165, 1.54) is 6.42 Å². The van der Waals surface area contributed by atoms with Crippen molar-refractivity contribution in [2.45, 2.75) is 52.0 Å². The number of aromatic nitrogens is 1. The molecule has 0 spiro atoms. The van der Waals surface area contributed by atoms with E-state index in [0.29, 0.717) is 5.02 Å². The molecule has 1 heterocycles. The minimum Gasteiger partial charge on any atom is -0.349 e. The number of amides is 1. The van der Waals surface area contributed by atoms with Crippen LogP contribution in [0.3, 0.4) is 0 Å². The lowest BCUT2D eigenvalue weighted by molar-refractivity contribution is -0.117. The molecule has 1 aliphatic carbocycles. The smallest absolute Gasteiger partial charge is 0.262 e. The summed E-state index contributed by atoms with van der Waals surface area (Å²) in [6.45, 7) is 3.96. The third kappa shape index (κ3) is 4.26. The number of aryl methyl sites for hydroxylation is 1. The lowest BCUT2D eigenvalue weighted by Crippen LogP contribution is -2.36. The largest absolute Gasteiger partial charge is 0.349 e. The molecule has 0 unspecified atom stereocenters. The number of nitrogens with one attached hydrogen (secondary N) is 1. The number of rotatable bonds is 4. The summed E-state index contributed by atoms with van der Waals surface area (Å²) < 4.78 is 2.04. The summed E-state index contributed by atoms with van der Waals surface area (Å²) in [5.41, 5.74) is 3.82. The Morgan fingerprint density at radius 1 is 1.26 bits per heavy atom. The zero-order chi connectivity index (χ0) is 19.4. The van der Waals surface area contributed by atoms with Gasteiger partial charge < -0.3 is 9.88 Å². The molecule has 0 saturated heterocycles. The summed E-state index contributed by atoms with van der Waals surface area (Å²) >= 11 is 6.35. The van der Waals surface area contributed by atoms with E-state index in [9.17, 15) is 10.1 Å². The molecule has 5 heteroatoms. The first-order valence-electron chi connectivity index (χ1n) is 9.37. The van der Waals surface area contributed by atoms with Crippen molar-refractivity contribution in [2.24, 2.45) is 0 Å². The van der Waals surface area contributed by atoms with Crippen LogP contribution in [0.1, 0.15) is 49.1 Å². The van der Waals surface area contributed by atoms with Crippen molar-refractivity contribution < 1.29 is 4.79 Å². The van der Waals surface area contributed by atoms with Gasteiger partial charge in [-0.3, -0.25) is 4.79 Å². The molecule has 1 aromatic carbocycles. The summed E-state index contributed by atoms with van der Waals surface area (Å²) in [5, 5.41) is 13.2. The Labute approximate surface area is 165 Å². The van der Waals surface area contributed by atoms with E-state index >= 15 is 0 Å². The number of benzene rings is 1. The summed E-state index contributed by atoms with van der Waals surface area (Å²) in [6.07, 6.45) is 7.15. The molecule has 0 bridgehead atoms. The van der Waals surface area contributed by atoms with E-state index in [-0.39, 0.29) is 17.5 Å². The van der Waals surface area contributed by atoms with Crippen molar-refractivity contribution in [3.05, 3.63) is 57.9 Å². The molecule has 0 aliphatic heterocycles. The highest BCUT2D eigenvalue weighted by Crippen LogP contribution is 2.27. The van der Waals surface area contributed by atoms with E-state index < -0.39 is 0 Å². The third-order valence-electron chi connectivity index (χ3n) is 5.17. The predicted molar refractivity (Wildman–Crippen MR) is 109 cm³/mol. The number of hydrogen-bond acceptors (Lipinski definition) is 2. The lowest BCUT2D eigenvalue weighted by Gasteiger charge is -2.22. The fourth-order valence-electron chi connectivity index (χ4n) is 3.75. The van der Waals surface area contributed by atoms with E-state index in [2.05, 4.69) is 11.4 Å². The maximum absolute atomic E-state index is 12.5. The van der Waals surface area contributed by atoms with E-state index in [4.69, 9.17) is 11.6 Å². The molecule has 0 atom stereocenters. The van der Waals surface area contributed by atoms with Gasteiger partial charge in [0.05, 0.1) is 10.7 Å². The number of nitrogens with zero attached hydrogens (tertiary/aromatic N) is 2. The quantitative estimate of drug-likeness (QED) is 0.591. The first-order chi connectivity index (χ1) is 13.0. The molecule has 1 N–H and O–H groups in total. The van der Waals surface area contributed by atoms with Gasteiger partial charge in [0.15, 0.2) is 0 Å². The van der Waals surface area contributed by atoms with Crippen LogP contribution >= 0.6 is 11.6 Å². The Morgan fingerprint density at radius 3 is 2.63 bits per heavy atom. The molecule has 140 valence electrons. The highest BCUT2D eigenvalue weighted by Gasteiger charge is 2.19. The van der Waals surface area contributed by atoms with Gasteiger partial charge in [-0.25, -0.2) is 0 Å². The Hall–Kier alpha value is -2.51. The fourth-order valence-corrected chi connectivity index (χ4v) is 3.97. The maximum atomic E-state index is 12.5. The van der Waals surface area contributed by atoms with Crippen LogP contribution in [0.15, 0.2) is 35.9 Å². The van der Waals surface area contributed by atoms with E-state index in [0.717, 1.165) is 48.3 Å². The number of hydrogen-bond donors (Lipinski definition) is 1. The Balaban J connectivity index is 1.89. The topological polar surface area (TPSA) is 57.8 Å². The van der Waals surface area contributed by atoms with Crippen LogP contribution in [-0.2, 0) is 4.79 Å². The van der Waals surface area contributed by atoms with E-state index in [1.54, 1.807) is 6.08 Å². The zero-order valence-electron chi connectivity index (χ0n) is 15.8. The van der Waals surface area contributed by atoms with Crippen LogP contribution in [0.2, 0.25) is 5.02 Å². The van der Waals surface area contributed by atoms with Gasteiger partial charge in [0.1, 0.15) is 11.6 Å². The minimum absolute atomic E-state index is 0.139. The molecule has 27 heavy (non-hydrogen) atoms. The second kappa shape index (κ2) is 8.45. The number of carbonyl (C=O) groups is 1. The SMILES string of the molecule is Cc1cc(/C=C(\C#N)C(=O)NC2CCCCC2)c(C)n1-c1ccccc1Cl. The summed E-state index contributed by atoms with van der Waals surface area (Å²) in [5.74, 6) is -0.285. The highest BCUT2D eigenvalue weighted by molar-refractivity contribution is 6.32. The first kappa shape index (κ1) is 19.3. The molecule has 3 rings (SSSR count). The molecule has 1 fully saturated rings. The second-order valence-corrected chi connectivity index (χ2v) is 7.50. The van der Waals surface area contributed by atoms with Crippen molar-refractivity contribution in [2.75, 3.05) is 0 Å². The van der Waals surface area contributed by atoms with Crippen molar-refractivity contribution in [3.63, 3.8) is 0 Å². The van der Waals surface area contributed by atoms with Crippen LogP contribution in [0.5, 0.6) is 0 Å². The van der Waals surface area contributed by atoms with Crippen molar-refractivity contribution in [1.82, 2.24) is 9.88 Å². The Bertz CT molecular complexity index is 914. The summed E-state index contributed by atoms with van der Waals surface area (Å²) in [6, 6.07) is 11.9. The van der Waals surface area contributed by atoms with Crippen molar-refractivity contribution >= 4 is 23.6 Å². The fraction of sp³-hybridized carbons (Fsp3) is 0.364. The summed E-state index contributed by atoms with van der Waals surface area (Å²) in [4.78, 5) is 12.5. The molecule has 4 nitrogen and oxygen atoms in total. The monoisotopic (exact) mass is 381 g/mol. The van der Waals surface area contributed by atoms with Crippen LogP contribution in [0.4, 0.5) is 0 Å². The first-order valence-corrected chi connectivity index (χ1v) is 9.75. The van der Waals surface area contributed by atoms with Crippen molar-refractivity contribution in [3.8, 4) is 11.8 Å². The molecule has 0 radical (unpaired) electrons. The molecular formula is C22H24ClN3O. The van der Waals surface area contributed by atoms with Gasteiger partial charge in [0.25, 0.3) is 5.91 Å². The van der Waals surface area contributed by atoms with Crippen LogP contribution in [-0.4, -0.2) is 16.5 Å². The predicted octanol–water partition coefficient (Wildman–Crippen LogP) is 5.10. The Morgan fingerprint density at radius 2 is 1.96 bits per heavy atom. The number of para-hydroxylation sites is 1. The van der Waals surface area contributed by atoms with Crippen LogP contribution in [0, 0.1) is 25.2 Å². The summed E-state index contributed by atoms with van der Waals surface area (Å²) in [7, 11) is 0. The lowest BCUT2D eigenvalue weighted by atomic mass is 9.95. The zero-order valence-corrected chi connectivity index (χ0v) is 16.5. The third-order valence-corrected chi connectivity index (χ3v) is 5.49. The van der Waals surface area contributed by atoms with Gasteiger partial charge in [0.2, 0.25) is 0 Å². The average molecular weight is 382 g/mol. The van der Waals surface area contributed by atoms with Crippen molar-refractivity contribution in [1.29, 1.82) is 5.26 Å². The highest BCUT2D eigenvalue weighted by atomic mass is 35.5. The normalized spacial score (nSPS) is 15.4. The van der Waals surface area contributed by atoms with Gasteiger partial charge in [0, 0.05) is 17.4 Å². The number of nitriles is 1. The van der Waals surface area contributed by atoms with E-state index in [1.807, 2.05) is 48.7 Å². The number of halogens is 1. The molecule has 2 aromatic rings. The molecule has 1 saturated carbocycles. The van der Waals surface area contributed by atoms with Gasteiger partial charge in [-0.15, -0.1) is 0 Å². The van der Waals surface area contributed by atoms with Gasteiger partial charge in [-0.1, -0.05) is 43.0 Å². The van der Waals surface area contributed by atoms with Gasteiger partial charge >= 0.3 is 0 Å². The Kier molecular flexibility index (Phi) is 6.03. The maximum Gasteiger partial charge on any atom is 0.262 e. The molecule has 1 aliphatic rings.